The van der Waals surface area contributed by atoms with E-state index in [0.717, 1.165) is 17.7 Å². The molecule has 0 aromatic heterocycles. The van der Waals surface area contributed by atoms with E-state index in [1.54, 1.807) is 29.2 Å². The zero-order chi connectivity index (χ0) is 15.2. The molecule has 1 aliphatic rings. The highest BCUT2D eigenvalue weighted by Crippen LogP contribution is 2.27. The minimum atomic E-state index is -0.254. The van der Waals surface area contributed by atoms with Crippen LogP contribution >= 0.6 is 0 Å². The molecule has 106 valence electrons. The number of benzene rings is 1. The molecule has 1 heterocycles. The van der Waals surface area contributed by atoms with Crippen LogP contribution in [-0.2, 0) is 0 Å². The van der Waals surface area contributed by atoms with E-state index in [1.807, 2.05) is 13.0 Å². The van der Waals surface area contributed by atoms with E-state index in [1.165, 1.54) is 0 Å². The maximum absolute atomic E-state index is 11.9. The van der Waals surface area contributed by atoms with Crippen molar-refractivity contribution in [1.82, 2.24) is 5.32 Å². The van der Waals surface area contributed by atoms with Gasteiger partial charge in [0.05, 0.1) is 11.4 Å². The second-order valence-corrected chi connectivity index (χ2v) is 4.48. The van der Waals surface area contributed by atoms with E-state index >= 15 is 0 Å². The molecule has 0 saturated carbocycles. The van der Waals surface area contributed by atoms with Gasteiger partial charge >= 0.3 is 6.03 Å². The van der Waals surface area contributed by atoms with Crippen molar-refractivity contribution < 1.29 is 4.79 Å². The molecule has 2 N–H and O–H groups in total. The number of amides is 2. The number of nitriles is 2. The topological polar surface area (TPSA) is 104 Å². The third kappa shape index (κ3) is 3.10. The Hall–Kier alpha value is -3.06. The van der Waals surface area contributed by atoms with Gasteiger partial charge in [-0.2, -0.15) is 15.6 Å². The zero-order valence-electron chi connectivity index (χ0n) is 11.6. The van der Waals surface area contributed by atoms with Gasteiger partial charge in [0.15, 0.2) is 0 Å². The van der Waals surface area contributed by atoms with Crippen molar-refractivity contribution in [2.24, 2.45) is 5.10 Å². The molecule has 1 aromatic carbocycles. The Morgan fingerprint density at radius 3 is 2.86 bits per heavy atom. The van der Waals surface area contributed by atoms with Crippen molar-refractivity contribution in [3.63, 3.8) is 0 Å². The molecule has 7 heteroatoms. The standard InChI is InChI=1S/C14H14N6O/c1-10-12(19-18-11(8-15)9-16)4-2-5-13(10)20-7-3-6-17-14(20)21/h2,4-5,19H,3,6-7H2,1H3,(H,17,21). The van der Waals surface area contributed by atoms with Crippen molar-refractivity contribution >= 4 is 23.1 Å². The number of rotatable bonds is 3. The number of nitrogens with one attached hydrogen (secondary N) is 2. The van der Waals surface area contributed by atoms with Gasteiger partial charge in [-0.25, -0.2) is 4.79 Å². The van der Waals surface area contributed by atoms with Crippen molar-refractivity contribution in [1.29, 1.82) is 10.5 Å². The van der Waals surface area contributed by atoms with Crippen LogP contribution in [0.25, 0.3) is 0 Å². The first-order valence-electron chi connectivity index (χ1n) is 6.46. The SMILES string of the molecule is Cc1c(NN=C(C#N)C#N)cccc1N1CCCNC1=O. The average Bonchev–Trinajstić information content (AvgIpc) is 2.50. The van der Waals surface area contributed by atoms with E-state index in [9.17, 15) is 4.79 Å². The fourth-order valence-electron chi connectivity index (χ4n) is 2.09. The Kier molecular flexibility index (Phi) is 4.37. The number of hydrazone groups is 1. The number of nitrogens with zero attached hydrogens (tertiary/aromatic N) is 4. The minimum Gasteiger partial charge on any atom is -0.338 e. The molecular formula is C14H14N6O. The number of carbonyl (C=O) groups is 1. The van der Waals surface area contributed by atoms with Crippen molar-refractivity contribution in [3.8, 4) is 12.1 Å². The Morgan fingerprint density at radius 2 is 2.19 bits per heavy atom. The molecule has 0 bridgehead atoms. The lowest BCUT2D eigenvalue weighted by molar-refractivity contribution is 0.243. The van der Waals surface area contributed by atoms with E-state index in [0.29, 0.717) is 18.8 Å². The molecule has 0 aliphatic carbocycles. The highest BCUT2D eigenvalue weighted by atomic mass is 16.2. The molecule has 0 spiro atoms. The fraction of sp³-hybridized carbons (Fsp3) is 0.286. The predicted molar refractivity (Wildman–Crippen MR) is 78.8 cm³/mol. The summed E-state index contributed by atoms with van der Waals surface area (Å²) in [5.41, 5.74) is 4.69. The lowest BCUT2D eigenvalue weighted by Crippen LogP contribution is -2.46. The summed E-state index contributed by atoms with van der Waals surface area (Å²) in [6.07, 6.45) is 0.883. The van der Waals surface area contributed by atoms with Crippen LogP contribution < -0.4 is 15.6 Å². The number of anilines is 2. The van der Waals surface area contributed by atoms with Gasteiger partial charge in [0.1, 0.15) is 12.1 Å². The van der Waals surface area contributed by atoms with Crippen LogP contribution in [0.1, 0.15) is 12.0 Å². The Bertz CT molecular complexity index is 651. The molecular weight excluding hydrogens is 268 g/mol. The summed E-state index contributed by atoms with van der Waals surface area (Å²) in [5.74, 6) is 0. The third-order valence-corrected chi connectivity index (χ3v) is 3.18. The molecule has 1 fully saturated rings. The summed E-state index contributed by atoms with van der Waals surface area (Å²) in [7, 11) is 0. The Morgan fingerprint density at radius 1 is 1.43 bits per heavy atom. The summed E-state index contributed by atoms with van der Waals surface area (Å²) in [6.45, 7) is 3.19. The van der Waals surface area contributed by atoms with Crippen LogP contribution in [0.5, 0.6) is 0 Å². The monoisotopic (exact) mass is 282 g/mol. The van der Waals surface area contributed by atoms with Gasteiger partial charge in [-0.3, -0.25) is 10.3 Å². The third-order valence-electron chi connectivity index (χ3n) is 3.18. The lowest BCUT2D eigenvalue weighted by Gasteiger charge is -2.29. The molecule has 1 aliphatic heterocycles. The Balaban J connectivity index is 2.28. The van der Waals surface area contributed by atoms with Crippen molar-refractivity contribution in [2.45, 2.75) is 13.3 Å². The van der Waals surface area contributed by atoms with Crippen LogP contribution in [0.2, 0.25) is 0 Å². The van der Waals surface area contributed by atoms with Crippen LogP contribution in [0, 0.1) is 29.6 Å². The smallest absolute Gasteiger partial charge is 0.321 e. The quantitative estimate of drug-likeness (QED) is 0.650. The van der Waals surface area contributed by atoms with Crippen LogP contribution in [0.4, 0.5) is 16.2 Å². The first kappa shape index (κ1) is 14.4. The van der Waals surface area contributed by atoms with Gasteiger partial charge < -0.3 is 5.32 Å². The van der Waals surface area contributed by atoms with E-state index < -0.39 is 0 Å². The highest BCUT2D eigenvalue weighted by Gasteiger charge is 2.21. The second-order valence-electron chi connectivity index (χ2n) is 4.48. The first-order chi connectivity index (χ1) is 10.2. The van der Waals surface area contributed by atoms with E-state index in [-0.39, 0.29) is 11.7 Å². The largest absolute Gasteiger partial charge is 0.338 e. The zero-order valence-corrected chi connectivity index (χ0v) is 11.6. The summed E-state index contributed by atoms with van der Waals surface area (Å²) >= 11 is 0. The van der Waals surface area contributed by atoms with Gasteiger partial charge in [0, 0.05) is 13.1 Å². The molecule has 2 amide bonds. The summed E-state index contributed by atoms with van der Waals surface area (Å²) < 4.78 is 0. The van der Waals surface area contributed by atoms with E-state index in [2.05, 4.69) is 15.8 Å². The average molecular weight is 282 g/mol. The second kappa shape index (κ2) is 6.40. The van der Waals surface area contributed by atoms with Gasteiger partial charge in [0.2, 0.25) is 5.71 Å². The van der Waals surface area contributed by atoms with Crippen LogP contribution in [-0.4, -0.2) is 24.8 Å². The Labute approximate surface area is 122 Å². The molecule has 1 saturated heterocycles. The van der Waals surface area contributed by atoms with E-state index in [4.69, 9.17) is 10.5 Å². The summed E-state index contributed by atoms with van der Waals surface area (Å²) in [4.78, 5) is 13.6. The first-order valence-corrected chi connectivity index (χ1v) is 6.46. The number of hydrogen-bond donors (Lipinski definition) is 2. The van der Waals surface area contributed by atoms with Gasteiger partial charge in [-0.15, -0.1) is 0 Å². The molecule has 21 heavy (non-hydrogen) atoms. The maximum atomic E-state index is 11.9. The molecule has 0 atom stereocenters. The molecule has 0 radical (unpaired) electrons. The van der Waals surface area contributed by atoms with Crippen molar-refractivity contribution in [2.75, 3.05) is 23.4 Å². The highest BCUT2D eigenvalue weighted by molar-refractivity contribution is 6.10. The minimum absolute atomic E-state index is 0.125. The van der Waals surface area contributed by atoms with Gasteiger partial charge in [-0.1, -0.05) is 6.07 Å². The maximum Gasteiger partial charge on any atom is 0.321 e. The number of hydrogen-bond acceptors (Lipinski definition) is 5. The molecule has 1 aromatic rings. The molecule has 2 rings (SSSR count). The summed E-state index contributed by atoms with van der Waals surface area (Å²) in [5, 5.41) is 23.8. The predicted octanol–water partition coefficient (Wildman–Crippen LogP) is 1.73. The molecule has 0 unspecified atom stereocenters. The number of carbonyl (C=O) groups excluding carboxylic acids is 1. The fourth-order valence-corrected chi connectivity index (χ4v) is 2.09. The number of urea groups is 1. The van der Waals surface area contributed by atoms with Crippen LogP contribution in [0.15, 0.2) is 23.3 Å². The molecule has 7 nitrogen and oxygen atoms in total. The van der Waals surface area contributed by atoms with Crippen molar-refractivity contribution in [3.05, 3.63) is 23.8 Å². The summed E-state index contributed by atoms with van der Waals surface area (Å²) in [6, 6.07) is 8.65. The van der Waals surface area contributed by atoms with Gasteiger partial charge in [-0.05, 0) is 31.0 Å². The van der Waals surface area contributed by atoms with Gasteiger partial charge in [0.25, 0.3) is 0 Å². The lowest BCUT2D eigenvalue weighted by atomic mass is 10.1. The normalized spacial score (nSPS) is 13.7. The van der Waals surface area contributed by atoms with Crippen LogP contribution in [0.3, 0.4) is 0 Å².